The molecule has 0 spiro atoms. The molecule has 3 nitrogen and oxygen atoms in total. The minimum Gasteiger partial charge on any atom is -0.493 e. The highest BCUT2D eigenvalue weighted by molar-refractivity contribution is 5.93. The van der Waals surface area contributed by atoms with Crippen molar-refractivity contribution in [1.29, 1.82) is 0 Å². The van der Waals surface area contributed by atoms with Gasteiger partial charge in [0.1, 0.15) is 0 Å². The van der Waals surface area contributed by atoms with E-state index in [4.69, 9.17) is 9.47 Å². The van der Waals surface area contributed by atoms with Gasteiger partial charge in [0.15, 0.2) is 11.5 Å². The maximum absolute atomic E-state index is 5.41. The number of hydrogen-bond acceptors (Lipinski definition) is 3. The molecule has 0 aliphatic rings. The standard InChI is InChI=1S/C14H17NO2/c1-15(2)11-6-7-12-10(9-11)5-8-13(16-3)14(12)17-4/h5-9H,1-4H3. The van der Waals surface area contributed by atoms with Crippen LogP contribution in [-0.2, 0) is 0 Å². The predicted molar refractivity (Wildman–Crippen MR) is 71.4 cm³/mol. The fraction of sp³-hybridized carbons (Fsp3) is 0.286. The SMILES string of the molecule is COc1ccc2cc(N(C)C)ccc2c1OC. The van der Waals surface area contributed by atoms with Crippen LogP contribution in [0.15, 0.2) is 30.3 Å². The first kappa shape index (κ1) is 11.6. The molecule has 2 rings (SSSR count). The summed E-state index contributed by atoms with van der Waals surface area (Å²) in [6.07, 6.45) is 0. The smallest absolute Gasteiger partial charge is 0.168 e. The Kier molecular flexibility index (Phi) is 3.09. The number of benzene rings is 2. The Morgan fingerprint density at radius 3 is 2.29 bits per heavy atom. The summed E-state index contributed by atoms with van der Waals surface area (Å²) in [7, 11) is 7.37. The van der Waals surface area contributed by atoms with Crippen LogP contribution in [-0.4, -0.2) is 28.3 Å². The minimum absolute atomic E-state index is 0.762. The molecule has 90 valence electrons. The Bertz CT molecular complexity index is 535. The number of hydrogen-bond donors (Lipinski definition) is 0. The van der Waals surface area contributed by atoms with Crippen LogP contribution in [0.1, 0.15) is 0 Å². The van der Waals surface area contributed by atoms with Crippen LogP contribution in [0.25, 0.3) is 10.8 Å². The molecule has 0 saturated carbocycles. The van der Waals surface area contributed by atoms with Gasteiger partial charge in [-0.25, -0.2) is 0 Å². The summed E-state index contributed by atoms with van der Waals surface area (Å²) >= 11 is 0. The quantitative estimate of drug-likeness (QED) is 0.810. The van der Waals surface area contributed by atoms with Crippen molar-refractivity contribution in [2.75, 3.05) is 33.2 Å². The molecule has 0 aliphatic heterocycles. The predicted octanol–water partition coefficient (Wildman–Crippen LogP) is 2.92. The second-order valence-corrected chi connectivity index (χ2v) is 4.10. The molecule has 3 heteroatoms. The Morgan fingerprint density at radius 1 is 0.941 bits per heavy atom. The summed E-state index contributed by atoms with van der Waals surface area (Å²) < 4.78 is 10.7. The molecule has 0 aromatic heterocycles. The lowest BCUT2D eigenvalue weighted by Crippen LogP contribution is -2.08. The molecule has 0 fully saturated rings. The van der Waals surface area contributed by atoms with E-state index < -0.39 is 0 Å². The van der Waals surface area contributed by atoms with Crippen LogP contribution >= 0.6 is 0 Å². The van der Waals surface area contributed by atoms with Gasteiger partial charge < -0.3 is 14.4 Å². The number of nitrogens with zero attached hydrogens (tertiary/aromatic N) is 1. The summed E-state index contributed by atoms with van der Waals surface area (Å²) in [5.74, 6) is 1.55. The maximum Gasteiger partial charge on any atom is 0.168 e. The van der Waals surface area contributed by atoms with E-state index in [1.807, 2.05) is 26.2 Å². The van der Waals surface area contributed by atoms with E-state index in [1.165, 1.54) is 5.69 Å². The van der Waals surface area contributed by atoms with E-state index in [0.717, 1.165) is 22.3 Å². The molecule has 0 amide bonds. The van der Waals surface area contributed by atoms with Gasteiger partial charge in [-0.1, -0.05) is 6.07 Å². The van der Waals surface area contributed by atoms with Gasteiger partial charge in [-0.05, 0) is 29.7 Å². The average Bonchev–Trinajstić information content (AvgIpc) is 2.36. The number of anilines is 1. The average molecular weight is 231 g/mol. The summed E-state index contributed by atoms with van der Waals surface area (Å²) in [6.45, 7) is 0. The monoisotopic (exact) mass is 231 g/mol. The maximum atomic E-state index is 5.41. The molecule has 17 heavy (non-hydrogen) atoms. The molecule has 0 radical (unpaired) electrons. The van der Waals surface area contributed by atoms with Gasteiger partial charge >= 0.3 is 0 Å². The van der Waals surface area contributed by atoms with Crippen molar-refractivity contribution < 1.29 is 9.47 Å². The first-order valence-corrected chi connectivity index (χ1v) is 5.49. The molecular weight excluding hydrogens is 214 g/mol. The fourth-order valence-electron chi connectivity index (χ4n) is 1.92. The lowest BCUT2D eigenvalue weighted by Gasteiger charge is -2.15. The van der Waals surface area contributed by atoms with Crippen molar-refractivity contribution in [3.8, 4) is 11.5 Å². The summed E-state index contributed by atoms with van der Waals surface area (Å²) in [6, 6.07) is 10.2. The topological polar surface area (TPSA) is 21.7 Å². The van der Waals surface area contributed by atoms with Crippen LogP contribution in [0.2, 0.25) is 0 Å². The summed E-state index contributed by atoms with van der Waals surface area (Å²) in [5, 5.41) is 2.21. The second kappa shape index (κ2) is 4.53. The van der Waals surface area contributed by atoms with Crippen LogP contribution < -0.4 is 14.4 Å². The molecule has 0 saturated heterocycles. The largest absolute Gasteiger partial charge is 0.493 e. The highest BCUT2D eigenvalue weighted by Crippen LogP contribution is 2.36. The van der Waals surface area contributed by atoms with Crippen LogP contribution in [0.4, 0.5) is 5.69 Å². The molecule has 2 aromatic rings. The highest BCUT2D eigenvalue weighted by atomic mass is 16.5. The van der Waals surface area contributed by atoms with E-state index in [2.05, 4.69) is 23.1 Å². The minimum atomic E-state index is 0.762. The van der Waals surface area contributed by atoms with E-state index in [-0.39, 0.29) is 0 Å². The molecule has 0 atom stereocenters. The van der Waals surface area contributed by atoms with E-state index in [0.29, 0.717) is 0 Å². The van der Waals surface area contributed by atoms with E-state index >= 15 is 0 Å². The second-order valence-electron chi connectivity index (χ2n) is 4.10. The van der Waals surface area contributed by atoms with E-state index in [9.17, 15) is 0 Å². The zero-order valence-corrected chi connectivity index (χ0v) is 10.7. The normalized spacial score (nSPS) is 10.4. The van der Waals surface area contributed by atoms with Crippen molar-refractivity contribution in [2.24, 2.45) is 0 Å². The van der Waals surface area contributed by atoms with Crippen LogP contribution in [0.3, 0.4) is 0 Å². The summed E-state index contributed by atoms with van der Waals surface area (Å²) in [5.41, 5.74) is 1.17. The first-order chi connectivity index (χ1) is 8.17. The Hall–Kier alpha value is -1.90. The zero-order valence-electron chi connectivity index (χ0n) is 10.7. The van der Waals surface area contributed by atoms with E-state index in [1.54, 1.807) is 14.2 Å². The number of ether oxygens (including phenoxy) is 2. The van der Waals surface area contributed by atoms with Crippen molar-refractivity contribution in [3.63, 3.8) is 0 Å². The van der Waals surface area contributed by atoms with Gasteiger partial charge in [0.05, 0.1) is 14.2 Å². The highest BCUT2D eigenvalue weighted by Gasteiger charge is 2.09. The van der Waals surface area contributed by atoms with Crippen molar-refractivity contribution in [3.05, 3.63) is 30.3 Å². The van der Waals surface area contributed by atoms with Crippen molar-refractivity contribution >= 4 is 16.5 Å². The molecule has 2 aromatic carbocycles. The zero-order chi connectivity index (χ0) is 12.4. The number of fused-ring (bicyclic) bond motifs is 1. The van der Waals surface area contributed by atoms with Crippen molar-refractivity contribution in [2.45, 2.75) is 0 Å². The Morgan fingerprint density at radius 2 is 1.71 bits per heavy atom. The molecule has 0 aliphatic carbocycles. The molecule has 0 heterocycles. The fourth-order valence-corrected chi connectivity index (χ4v) is 1.92. The lowest BCUT2D eigenvalue weighted by atomic mass is 10.1. The number of rotatable bonds is 3. The molecule has 0 unspecified atom stereocenters. The van der Waals surface area contributed by atoms with Gasteiger partial charge in [-0.3, -0.25) is 0 Å². The van der Waals surface area contributed by atoms with Gasteiger partial charge in [0.25, 0.3) is 0 Å². The van der Waals surface area contributed by atoms with Gasteiger partial charge in [0, 0.05) is 25.2 Å². The third-order valence-corrected chi connectivity index (χ3v) is 2.86. The molecular formula is C14H17NO2. The number of methoxy groups -OCH3 is 2. The lowest BCUT2D eigenvalue weighted by molar-refractivity contribution is 0.358. The van der Waals surface area contributed by atoms with Gasteiger partial charge in [0.2, 0.25) is 0 Å². The molecule has 0 N–H and O–H groups in total. The van der Waals surface area contributed by atoms with Gasteiger partial charge in [-0.2, -0.15) is 0 Å². The Balaban J connectivity index is 2.66. The van der Waals surface area contributed by atoms with Crippen LogP contribution in [0, 0.1) is 0 Å². The van der Waals surface area contributed by atoms with Gasteiger partial charge in [-0.15, -0.1) is 0 Å². The summed E-state index contributed by atoms with van der Waals surface area (Å²) in [4.78, 5) is 2.08. The van der Waals surface area contributed by atoms with Crippen molar-refractivity contribution in [1.82, 2.24) is 0 Å². The van der Waals surface area contributed by atoms with Crippen LogP contribution in [0.5, 0.6) is 11.5 Å². The third-order valence-electron chi connectivity index (χ3n) is 2.86. The Labute approximate surface area is 102 Å². The first-order valence-electron chi connectivity index (χ1n) is 5.49. The molecule has 0 bridgehead atoms. The third kappa shape index (κ3) is 2.00.